The summed E-state index contributed by atoms with van der Waals surface area (Å²) in [4.78, 5) is 13.6. The molecule has 1 aromatic carbocycles. The Hall–Kier alpha value is -1.06. The highest BCUT2D eigenvalue weighted by atomic mass is 35.5. The van der Waals surface area contributed by atoms with Crippen LogP contribution in [0.3, 0.4) is 0 Å². The van der Waals surface area contributed by atoms with Crippen LogP contribution in [-0.2, 0) is 4.74 Å². The molecule has 4 heteroatoms. The summed E-state index contributed by atoms with van der Waals surface area (Å²) in [6.07, 6.45) is 5.91. The number of halogens is 1. The maximum absolute atomic E-state index is 11.3. The van der Waals surface area contributed by atoms with Gasteiger partial charge in [-0.3, -0.25) is 4.79 Å². The van der Waals surface area contributed by atoms with Crippen molar-refractivity contribution in [3.05, 3.63) is 28.8 Å². The van der Waals surface area contributed by atoms with E-state index < -0.39 is 0 Å². The Morgan fingerprint density at radius 2 is 2.16 bits per heavy atom. The minimum absolute atomic E-state index is 0.306. The molecule has 1 saturated heterocycles. The zero-order valence-electron chi connectivity index (χ0n) is 10.8. The van der Waals surface area contributed by atoms with Gasteiger partial charge < -0.3 is 9.64 Å². The fourth-order valence-electron chi connectivity index (χ4n) is 3.29. The van der Waals surface area contributed by atoms with E-state index in [4.69, 9.17) is 16.3 Å². The number of rotatable bonds is 2. The summed E-state index contributed by atoms with van der Waals surface area (Å²) in [6, 6.07) is 6.07. The number of hydrogen-bond donors (Lipinski definition) is 0. The van der Waals surface area contributed by atoms with Gasteiger partial charge in [0.05, 0.1) is 29.3 Å². The molecular weight excluding hydrogens is 262 g/mol. The third-order valence-corrected chi connectivity index (χ3v) is 4.52. The first kappa shape index (κ1) is 12.9. The number of hydrogen-bond acceptors (Lipinski definition) is 3. The summed E-state index contributed by atoms with van der Waals surface area (Å²) >= 11 is 6.13. The van der Waals surface area contributed by atoms with Gasteiger partial charge in [0.2, 0.25) is 0 Å². The molecule has 1 saturated carbocycles. The molecule has 0 spiro atoms. The third kappa shape index (κ3) is 2.37. The van der Waals surface area contributed by atoms with Crippen molar-refractivity contribution in [2.75, 3.05) is 18.1 Å². The monoisotopic (exact) mass is 279 g/mol. The number of carbonyl (C=O) groups excluding carboxylic acids is 1. The number of fused-ring (bicyclic) bond motifs is 1. The fraction of sp³-hybridized carbons (Fsp3) is 0.533. The van der Waals surface area contributed by atoms with Crippen LogP contribution < -0.4 is 4.90 Å². The van der Waals surface area contributed by atoms with E-state index >= 15 is 0 Å². The summed E-state index contributed by atoms with van der Waals surface area (Å²) in [5.74, 6) is 0. The van der Waals surface area contributed by atoms with Gasteiger partial charge in [0, 0.05) is 12.2 Å². The Kier molecular flexibility index (Phi) is 3.76. The van der Waals surface area contributed by atoms with E-state index in [9.17, 15) is 4.79 Å². The summed E-state index contributed by atoms with van der Waals surface area (Å²) in [6.45, 7) is 1.56. The van der Waals surface area contributed by atoms with Crippen LogP contribution >= 0.6 is 11.6 Å². The van der Waals surface area contributed by atoms with Gasteiger partial charge in [0.15, 0.2) is 6.29 Å². The van der Waals surface area contributed by atoms with Gasteiger partial charge in [0.1, 0.15) is 0 Å². The summed E-state index contributed by atoms with van der Waals surface area (Å²) in [7, 11) is 0. The third-order valence-electron chi connectivity index (χ3n) is 4.19. The molecule has 2 aliphatic rings. The van der Waals surface area contributed by atoms with Crippen LogP contribution in [0.5, 0.6) is 0 Å². The molecule has 0 amide bonds. The Balaban J connectivity index is 1.96. The zero-order valence-corrected chi connectivity index (χ0v) is 11.6. The van der Waals surface area contributed by atoms with E-state index in [0.717, 1.165) is 38.0 Å². The van der Waals surface area contributed by atoms with E-state index in [1.54, 1.807) is 6.07 Å². The molecule has 2 fully saturated rings. The van der Waals surface area contributed by atoms with Crippen molar-refractivity contribution in [2.45, 2.75) is 37.8 Å². The number of ether oxygens (including phenoxy) is 1. The van der Waals surface area contributed by atoms with Crippen LogP contribution in [-0.4, -0.2) is 31.6 Å². The lowest BCUT2D eigenvalue weighted by atomic mass is 9.89. The van der Waals surface area contributed by atoms with Gasteiger partial charge in [-0.15, -0.1) is 0 Å². The van der Waals surface area contributed by atoms with Gasteiger partial charge in [-0.2, -0.15) is 0 Å². The van der Waals surface area contributed by atoms with Crippen LogP contribution in [0.15, 0.2) is 18.2 Å². The molecule has 0 N–H and O–H groups in total. The highest BCUT2D eigenvalue weighted by Gasteiger charge is 2.35. The molecule has 1 aromatic rings. The van der Waals surface area contributed by atoms with Crippen LogP contribution in [0, 0.1) is 0 Å². The van der Waals surface area contributed by atoms with Crippen LogP contribution in [0.4, 0.5) is 5.69 Å². The average molecular weight is 280 g/mol. The number of nitrogens with zero attached hydrogens (tertiary/aromatic N) is 1. The summed E-state index contributed by atoms with van der Waals surface area (Å²) in [5.41, 5.74) is 1.57. The quantitative estimate of drug-likeness (QED) is 0.778. The second kappa shape index (κ2) is 5.51. The van der Waals surface area contributed by atoms with Crippen molar-refractivity contribution >= 4 is 23.6 Å². The van der Waals surface area contributed by atoms with E-state index in [1.807, 2.05) is 12.1 Å². The molecule has 3 rings (SSSR count). The fourth-order valence-corrected chi connectivity index (χ4v) is 3.50. The molecule has 102 valence electrons. The minimum Gasteiger partial charge on any atom is -0.374 e. The Morgan fingerprint density at radius 1 is 1.32 bits per heavy atom. The first-order valence-electron chi connectivity index (χ1n) is 6.93. The Bertz CT molecular complexity index is 475. The first-order chi connectivity index (χ1) is 9.31. The van der Waals surface area contributed by atoms with E-state index in [2.05, 4.69) is 4.90 Å². The standard InChI is InChI=1S/C15H18ClNO2/c16-12-4-3-6-13(11(12)10-18)17-8-9-19-15-7-2-1-5-14(15)17/h3-4,6,10,14-15H,1-2,5,7-9H2. The predicted octanol–water partition coefficient (Wildman–Crippen LogP) is 3.30. The lowest BCUT2D eigenvalue weighted by Gasteiger charge is -2.45. The van der Waals surface area contributed by atoms with Gasteiger partial charge >= 0.3 is 0 Å². The smallest absolute Gasteiger partial charge is 0.153 e. The predicted molar refractivity (Wildman–Crippen MR) is 76.2 cm³/mol. The van der Waals surface area contributed by atoms with Crippen LogP contribution in [0.1, 0.15) is 36.0 Å². The lowest BCUT2D eigenvalue weighted by molar-refractivity contribution is -0.00871. The normalized spacial score (nSPS) is 26.9. The van der Waals surface area contributed by atoms with Crippen molar-refractivity contribution < 1.29 is 9.53 Å². The molecule has 1 aliphatic heterocycles. The number of morpholine rings is 1. The molecule has 2 atom stereocenters. The molecule has 1 aliphatic carbocycles. The van der Waals surface area contributed by atoms with E-state index in [-0.39, 0.29) is 0 Å². The first-order valence-corrected chi connectivity index (χ1v) is 7.31. The molecule has 2 unspecified atom stereocenters. The molecule has 0 aromatic heterocycles. The highest BCUT2D eigenvalue weighted by molar-refractivity contribution is 6.33. The second-order valence-electron chi connectivity index (χ2n) is 5.24. The maximum atomic E-state index is 11.3. The Morgan fingerprint density at radius 3 is 3.00 bits per heavy atom. The molecule has 3 nitrogen and oxygen atoms in total. The summed E-state index contributed by atoms with van der Waals surface area (Å²) < 4.78 is 5.87. The van der Waals surface area contributed by atoms with Crippen molar-refractivity contribution in [1.82, 2.24) is 0 Å². The van der Waals surface area contributed by atoms with E-state index in [1.165, 1.54) is 12.8 Å². The largest absolute Gasteiger partial charge is 0.374 e. The second-order valence-corrected chi connectivity index (χ2v) is 5.65. The average Bonchev–Trinajstić information content (AvgIpc) is 2.46. The molecular formula is C15H18ClNO2. The maximum Gasteiger partial charge on any atom is 0.153 e. The number of anilines is 1. The van der Waals surface area contributed by atoms with Gasteiger partial charge in [-0.05, 0) is 25.0 Å². The lowest BCUT2D eigenvalue weighted by Crippen LogP contribution is -2.53. The van der Waals surface area contributed by atoms with Crippen molar-refractivity contribution in [3.63, 3.8) is 0 Å². The van der Waals surface area contributed by atoms with Crippen molar-refractivity contribution in [1.29, 1.82) is 0 Å². The SMILES string of the molecule is O=Cc1c(Cl)cccc1N1CCOC2CCCCC21. The van der Waals surface area contributed by atoms with Crippen LogP contribution in [0.2, 0.25) is 5.02 Å². The van der Waals surface area contributed by atoms with Crippen molar-refractivity contribution in [2.24, 2.45) is 0 Å². The van der Waals surface area contributed by atoms with Gasteiger partial charge in [0.25, 0.3) is 0 Å². The molecule has 1 heterocycles. The summed E-state index contributed by atoms with van der Waals surface area (Å²) in [5, 5.41) is 0.534. The van der Waals surface area contributed by atoms with Gasteiger partial charge in [-0.25, -0.2) is 0 Å². The van der Waals surface area contributed by atoms with Gasteiger partial charge in [-0.1, -0.05) is 30.5 Å². The van der Waals surface area contributed by atoms with Crippen LogP contribution in [0.25, 0.3) is 0 Å². The zero-order chi connectivity index (χ0) is 13.2. The molecule has 0 radical (unpaired) electrons. The number of benzene rings is 1. The number of carbonyl (C=O) groups is 1. The van der Waals surface area contributed by atoms with Crippen molar-refractivity contribution in [3.8, 4) is 0 Å². The Labute approximate surface area is 118 Å². The molecule has 19 heavy (non-hydrogen) atoms. The molecule has 0 bridgehead atoms. The number of aldehydes is 1. The van der Waals surface area contributed by atoms with E-state index in [0.29, 0.717) is 22.7 Å². The minimum atomic E-state index is 0.306. The topological polar surface area (TPSA) is 29.5 Å². The highest BCUT2D eigenvalue weighted by Crippen LogP contribution is 2.35.